The third-order valence-corrected chi connectivity index (χ3v) is 3.82. The minimum atomic E-state index is -1.75. The lowest BCUT2D eigenvalue weighted by molar-refractivity contribution is -0.428. The van der Waals surface area contributed by atoms with Crippen LogP contribution in [0, 0.1) is 0 Å². The standard InChI is InChI=1S/C14H28N6O7/c1-20(12-18-10(15)17-11(16)19-12)27-14(25-6,26-7)9(21-2)8-13(22-3,23-4)24-5/h9H,8H2,1-7H3,(H4,15,16,17,18,19). The molecule has 1 heterocycles. The first kappa shape index (κ1) is 23.2. The van der Waals surface area contributed by atoms with Crippen LogP contribution in [0.2, 0.25) is 0 Å². The van der Waals surface area contributed by atoms with E-state index in [4.69, 9.17) is 44.7 Å². The third kappa shape index (κ3) is 5.32. The third-order valence-electron chi connectivity index (χ3n) is 3.82. The van der Waals surface area contributed by atoms with E-state index in [1.807, 2.05) is 0 Å². The highest BCUT2D eigenvalue weighted by Gasteiger charge is 2.49. The highest BCUT2D eigenvalue weighted by Crippen LogP contribution is 2.31. The maximum atomic E-state index is 5.80. The lowest BCUT2D eigenvalue weighted by Crippen LogP contribution is -2.56. The van der Waals surface area contributed by atoms with E-state index in [1.165, 1.54) is 49.7 Å². The molecule has 0 aliphatic carbocycles. The van der Waals surface area contributed by atoms with Gasteiger partial charge in [-0.15, -0.1) is 0 Å². The first-order valence-corrected chi connectivity index (χ1v) is 7.73. The molecule has 0 aliphatic rings. The first-order chi connectivity index (χ1) is 12.7. The van der Waals surface area contributed by atoms with Gasteiger partial charge >= 0.3 is 5.97 Å². The smallest absolute Gasteiger partial charge is 0.332 e. The molecule has 0 fully saturated rings. The van der Waals surface area contributed by atoms with Crippen LogP contribution in [0.4, 0.5) is 17.8 Å². The number of hydrogen-bond acceptors (Lipinski definition) is 13. The fraction of sp³-hybridized carbons (Fsp3) is 0.786. The van der Waals surface area contributed by atoms with E-state index >= 15 is 0 Å². The molecule has 1 atom stereocenters. The molecular formula is C14H28N6O7. The summed E-state index contributed by atoms with van der Waals surface area (Å²) in [5.74, 6) is -3.29. The molecule has 0 aromatic carbocycles. The Kier molecular flexibility index (Phi) is 8.49. The maximum absolute atomic E-state index is 5.80. The molecule has 0 spiro atoms. The predicted octanol–water partition coefficient (Wildman–Crippen LogP) is -0.651. The topological polar surface area (TPSA) is 159 Å². The van der Waals surface area contributed by atoms with Crippen LogP contribution in [0.1, 0.15) is 6.42 Å². The van der Waals surface area contributed by atoms with Crippen LogP contribution in [0.3, 0.4) is 0 Å². The number of nitrogens with two attached hydrogens (primary N) is 2. The molecular weight excluding hydrogens is 364 g/mol. The number of hydrogen-bond donors (Lipinski definition) is 2. The van der Waals surface area contributed by atoms with Crippen molar-refractivity contribution in [3.8, 4) is 0 Å². The van der Waals surface area contributed by atoms with Crippen molar-refractivity contribution in [1.82, 2.24) is 15.0 Å². The molecule has 1 rings (SSSR count). The van der Waals surface area contributed by atoms with E-state index in [1.54, 1.807) is 0 Å². The molecule has 0 amide bonds. The number of aromatic nitrogens is 3. The van der Waals surface area contributed by atoms with Crippen molar-refractivity contribution in [2.45, 2.75) is 24.5 Å². The minimum absolute atomic E-state index is 0.0179. The van der Waals surface area contributed by atoms with Gasteiger partial charge < -0.3 is 39.9 Å². The van der Waals surface area contributed by atoms with Gasteiger partial charge in [-0.25, -0.2) is 9.90 Å². The summed E-state index contributed by atoms with van der Waals surface area (Å²) >= 11 is 0. The summed E-state index contributed by atoms with van der Waals surface area (Å²) in [6, 6.07) is 0. The van der Waals surface area contributed by atoms with Crippen LogP contribution in [-0.4, -0.2) is 82.7 Å². The lowest BCUT2D eigenvalue weighted by atomic mass is 10.1. The van der Waals surface area contributed by atoms with Gasteiger partial charge in [0.15, 0.2) is 0 Å². The summed E-state index contributed by atoms with van der Waals surface area (Å²) in [5.41, 5.74) is 11.2. The largest absolute Gasteiger partial charge is 0.373 e. The first-order valence-electron chi connectivity index (χ1n) is 7.73. The van der Waals surface area contributed by atoms with Crippen molar-refractivity contribution < 1.29 is 33.3 Å². The molecule has 1 aromatic heterocycles. The second kappa shape index (κ2) is 9.89. The summed E-state index contributed by atoms with van der Waals surface area (Å²) in [6.45, 7) is 0. The van der Waals surface area contributed by atoms with Crippen molar-refractivity contribution in [1.29, 1.82) is 0 Å². The molecule has 0 radical (unpaired) electrons. The molecule has 13 nitrogen and oxygen atoms in total. The number of rotatable bonds is 12. The van der Waals surface area contributed by atoms with Gasteiger partial charge in [0, 0.05) is 49.7 Å². The van der Waals surface area contributed by atoms with Crippen LogP contribution < -0.4 is 16.5 Å². The van der Waals surface area contributed by atoms with Crippen LogP contribution in [0.15, 0.2) is 0 Å². The maximum Gasteiger partial charge on any atom is 0.332 e. The predicted molar refractivity (Wildman–Crippen MR) is 94.1 cm³/mol. The summed E-state index contributed by atoms with van der Waals surface area (Å²) in [5, 5.41) is 1.15. The molecule has 13 heteroatoms. The Morgan fingerprint density at radius 1 is 0.852 bits per heavy atom. The molecule has 0 saturated heterocycles. The Morgan fingerprint density at radius 2 is 1.33 bits per heavy atom. The Balaban J connectivity index is 3.16. The molecule has 0 bridgehead atoms. The SMILES string of the molecule is COC(CC(OC)(OC)OC)C(OC)(OC)ON(C)c1nc(N)nc(N)n1. The zero-order chi connectivity index (χ0) is 20.7. The van der Waals surface area contributed by atoms with Crippen LogP contribution >= 0.6 is 0 Å². The van der Waals surface area contributed by atoms with E-state index in [0.29, 0.717) is 0 Å². The van der Waals surface area contributed by atoms with Gasteiger partial charge in [0.25, 0.3) is 11.9 Å². The van der Waals surface area contributed by atoms with Gasteiger partial charge in [0.2, 0.25) is 11.9 Å². The van der Waals surface area contributed by atoms with E-state index in [-0.39, 0.29) is 24.3 Å². The van der Waals surface area contributed by atoms with Crippen molar-refractivity contribution in [3.63, 3.8) is 0 Å². The fourth-order valence-corrected chi connectivity index (χ4v) is 2.33. The Bertz CT molecular complexity index is 557. The van der Waals surface area contributed by atoms with Gasteiger partial charge in [0.1, 0.15) is 6.10 Å². The Labute approximate surface area is 157 Å². The summed E-state index contributed by atoms with van der Waals surface area (Å²) in [7, 11) is 9.94. The van der Waals surface area contributed by atoms with Crippen molar-refractivity contribution in [3.05, 3.63) is 0 Å². The summed E-state index contributed by atoms with van der Waals surface area (Å²) in [4.78, 5) is 17.4. The highest BCUT2D eigenvalue weighted by molar-refractivity contribution is 5.37. The number of methoxy groups -OCH3 is 6. The van der Waals surface area contributed by atoms with E-state index in [2.05, 4.69) is 15.0 Å². The molecule has 0 aliphatic heterocycles. The minimum Gasteiger partial charge on any atom is -0.373 e. The molecule has 0 saturated carbocycles. The Morgan fingerprint density at radius 3 is 1.70 bits per heavy atom. The van der Waals surface area contributed by atoms with Gasteiger partial charge in [-0.05, 0) is 0 Å². The molecule has 156 valence electrons. The second-order valence-corrected chi connectivity index (χ2v) is 5.18. The van der Waals surface area contributed by atoms with Gasteiger partial charge in [0.05, 0.1) is 6.42 Å². The van der Waals surface area contributed by atoms with Crippen LogP contribution in [0.25, 0.3) is 0 Å². The zero-order valence-electron chi connectivity index (χ0n) is 16.6. The highest BCUT2D eigenvalue weighted by atomic mass is 16.9. The van der Waals surface area contributed by atoms with E-state index in [9.17, 15) is 0 Å². The van der Waals surface area contributed by atoms with Gasteiger partial charge in [-0.2, -0.15) is 15.0 Å². The average Bonchev–Trinajstić information content (AvgIpc) is 2.67. The normalized spacial score (nSPS) is 13.6. The monoisotopic (exact) mass is 392 g/mol. The van der Waals surface area contributed by atoms with Crippen LogP contribution in [-0.2, 0) is 33.3 Å². The molecule has 27 heavy (non-hydrogen) atoms. The van der Waals surface area contributed by atoms with Crippen molar-refractivity contribution in [2.75, 3.05) is 66.2 Å². The quantitative estimate of drug-likeness (QED) is 0.341. The number of nitrogen functional groups attached to an aromatic ring is 2. The lowest BCUT2D eigenvalue weighted by Gasteiger charge is -2.41. The van der Waals surface area contributed by atoms with Gasteiger partial charge in [-0.1, -0.05) is 0 Å². The van der Waals surface area contributed by atoms with E-state index in [0.717, 1.165) is 5.06 Å². The molecule has 1 unspecified atom stereocenters. The number of ether oxygens (including phenoxy) is 6. The number of hydroxylamine groups is 1. The fourth-order valence-electron chi connectivity index (χ4n) is 2.33. The van der Waals surface area contributed by atoms with E-state index < -0.39 is 18.1 Å². The van der Waals surface area contributed by atoms with Crippen LogP contribution in [0.5, 0.6) is 0 Å². The molecule has 4 N–H and O–H groups in total. The van der Waals surface area contributed by atoms with Gasteiger partial charge in [-0.3, -0.25) is 0 Å². The molecule has 1 aromatic rings. The summed E-state index contributed by atoms with van der Waals surface area (Å²) < 4.78 is 32.3. The zero-order valence-corrected chi connectivity index (χ0v) is 16.6. The Hall–Kier alpha value is -1.87. The number of nitrogens with zero attached hydrogens (tertiary/aromatic N) is 4. The van der Waals surface area contributed by atoms with Crippen molar-refractivity contribution >= 4 is 17.8 Å². The summed E-state index contributed by atoms with van der Waals surface area (Å²) in [6.07, 6.45) is -0.865. The number of anilines is 3. The second-order valence-electron chi connectivity index (χ2n) is 5.18. The van der Waals surface area contributed by atoms with Crippen molar-refractivity contribution in [2.24, 2.45) is 0 Å². The average molecular weight is 392 g/mol.